The molecule has 12 nitrogen and oxygen atoms in total. The molecule has 0 radical (unpaired) electrons. The third-order valence-corrected chi connectivity index (χ3v) is 12.3. The first-order chi connectivity index (χ1) is 33.0. The lowest BCUT2D eigenvalue weighted by molar-refractivity contribution is -0.129. The minimum Gasteiger partial charge on any atom is -0.325 e. The summed E-state index contributed by atoms with van der Waals surface area (Å²) in [5, 5.41) is 16.9. The van der Waals surface area contributed by atoms with Crippen molar-refractivity contribution in [1.29, 1.82) is 0 Å². The van der Waals surface area contributed by atoms with Gasteiger partial charge in [-0.15, -0.1) is 0 Å². The number of hydrazone groups is 2. The lowest BCUT2D eigenvalue weighted by atomic mass is 9.93. The minimum atomic E-state index is -3.14. The quantitative estimate of drug-likeness (QED) is 0.0773. The van der Waals surface area contributed by atoms with E-state index < -0.39 is 60.2 Å². The number of hydrogen-bond donors (Lipinski definition) is 2. The minimum absolute atomic E-state index is 0.0626. The molecule has 6 aromatic rings. The third-order valence-electron chi connectivity index (χ3n) is 12.3. The van der Waals surface area contributed by atoms with E-state index in [1.165, 1.54) is 74.3 Å². The first-order valence-electron chi connectivity index (χ1n) is 22.4. The van der Waals surface area contributed by atoms with Crippen LogP contribution in [0.15, 0.2) is 138 Å². The van der Waals surface area contributed by atoms with Gasteiger partial charge in [-0.2, -0.15) is 20.2 Å². The molecule has 0 saturated heterocycles. The lowest BCUT2D eigenvalue weighted by Gasteiger charge is -2.19. The molecule has 2 atom stereocenters. The summed E-state index contributed by atoms with van der Waals surface area (Å²) in [5.41, 5.74) is 6.24. The van der Waals surface area contributed by atoms with E-state index in [-0.39, 0.29) is 46.8 Å². The topological polar surface area (TPSA) is 149 Å². The van der Waals surface area contributed by atoms with Crippen molar-refractivity contribution >= 4 is 57.8 Å². The molecule has 4 amide bonds. The predicted octanol–water partition coefficient (Wildman–Crippen LogP) is 11.0. The molecule has 0 aliphatic carbocycles. The van der Waals surface area contributed by atoms with E-state index in [4.69, 9.17) is 5.10 Å². The number of amides is 4. The van der Waals surface area contributed by atoms with Crippen LogP contribution in [0.1, 0.15) is 67.9 Å². The Morgan fingerprint density at radius 3 is 1.70 bits per heavy atom. The number of alkyl halides is 4. The second-order valence-electron chi connectivity index (χ2n) is 17.1. The summed E-state index contributed by atoms with van der Waals surface area (Å²) in [6, 6.07) is 26.9. The maximum Gasteiger partial charge on any atom is 0.273 e. The number of nitrogens with one attached hydrogen (secondary N) is 2. The summed E-state index contributed by atoms with van der Waals surface area (Å²) in [6.45, 7) is 8.05. The number of anilines is 4. The second kappa shape index (κ2) is 19.4. The second-order valence-corrected chi connectivity index (χ2v) is 17.1. The number of nitrogens with zero attached hydrogens (tertiary/aromatic N) is 6. The first kappa shape index (κ1) is 47.6. The van der Waals surface area contributed by atoms with Crippen LogP contribution >= 0.6 is 0 Å². The predicted molar refractivity (Wildman–Crippen MR) is 258 cm³/mol. The summed E-state index contributed by atoms with van der Waals surface area (Å²) in [4.78, 5) is 65.0. The number of halogens is 4. The molecule has 2 aliphatic rings. The van der Waals surface area contributed by atoms with Crippen molar-refractivity contribution < 1.29 is 36.7 Å². The van der Waals surface area contributed by atoms with Gasteiger partial charge in [0, 0.05) is 60.1 Å². The Kier molecular flexibility index (Phi) is 13.4. The summed E-state index contributed by atoms with van der Waals surface area (Å²) >= 11 is 0. The molecule has 8 rings (SSSR count). The largest absolute Gasteiger partial charge is 0.325 e. The number of carbonyl (C=O) groups excluding carboxylic acids is 4. The van der Waals surface area contributed by atoms with Crippen LogP contribution in [0, 0.1) is 25.7 Å². The van der Waals surface area contributed by atoms with Gasteiger partial charge in [0.25, 0.3) is 23.7 Å². The van der Waals surface area contributed by atoms with Crippen LogP contribution in [0.2, 0.25) is 0 Å². The number of rotatable bonds is 15. The molecule has 4 aromatic carbocycles. The van der Waals surface area contributed by atoms with Crippen LogP contribution < -0.4 is 20.7 Å². The fraction of sp³-hybridized carbons (Fsp3) is 0.245. The van der Waals surface area contributed by atoms with Crippen molar-refractivity contribution in [2.75, 3.05) is 20.7 Å². The van der Waals surface area contributed by atoms with Gasteiger partial charge < -0.3 is 10.6 Å². The Morgan fingerprint density at radius 2 is 1.12 bits per heavy atom. The molecule has 2 unspecified atom stereocenters. The highest BCUT2D eigenvalue weighted by molar-refractivity contribution is 6.30. The van der Waals surface area contributed by atoms with Crippen molar-refractivity contribution in [2.24, 2.45) is 22.0 Å². The van der Waals surface area contributed by atoms with Crippen LogP contribution in [-0.4, -0.2) is 45.0 Å². The van der Waals surface area contributed by atoms with Crippen LogP contribution in [-0.2, 0) is 37.4 Å². The van der Waals surface area contributed by atoms with Crippen molar-refractivity contribution in [2.45, 2.75) is 72.1 Å². The van der Waals surface area contributed by atoms with Gasteiger partial charge in [-0.1, -0.05) is 56.3 Å². The van der Waals surface area contributed by atoms with Crippen molar-refractivity contribution in [3.05, 3.63) is 156 Å². The van der Waals surface area contributed by atoms with Crippen molar-refractivity contribution in [3.63, 3.8) is 0 Å². The smallest absolute Gasteiger partial charge is 0.273 e. The molecule has 2 aliphatic heterocycles. The molecular formula is C53H48F4N8O4. The molecule has 0 bridgehead atoms. The summed E-state index contributed by atoms with van der Waals surface area (Å²) < 4.78 is 58.6. The highest BCUT2D eigenvalue weighted by Gasteiger charge is 2.43. The van der Waals surface area contributed by atoms with Gasteiger partial charge in [-0.3, -0.25) is 29.1 Å². The molecule has 0 saturated carbocycles. The van der Waals surface area contributed by atoms with E-state index >= 15 is 0 Å². The van der Waals surface area contributed by atoms with Crippen LogP contribution in [0.25, 0.3) is 22.3 Å². The van der Waals surface area contributed by atoms with Crippen LogP contribution in [0.5, 0.6) is 0 Å². The Balaban J connectivity index is 1.12. The zero-order valence-electron chi connectivity index (χ0n) is 38.4. The molecule has 352 valence electrons. The van der Waals surface area contributed by atoms with Crippen molar-refractivity contribution in [1.82, 2.24) is 9.97 Å². The van der Waals surface area contributed by atoms with E-state index in [1.54, 1.807) is 55.1 Å². The molecule has 2 aromatic heterocycles. The Morgan fingerprint density at radius 1 is 0.594 bits per heavy atom. The SMILES string of the molecule is CCC(F)(F)c1cccc(NC(=O)C2C(=O)N(c3cc(CCC4=NN(c5cccc(-c6ccncc6C)c5)C(=O)C4C(=O)Nc4cccc(C(F)(F)CC)c4)cc(-c4ccncc4C)c3)N=C2C)c1. The number of hydrogen-bond acceptors (Lipinski definition) is 8. The van der Waals surface area contributed by atoms with Crippen LogP contribution in [0.4, 0.5) is 40.3 Å². The number of aromatic nitrogens is 2. The van der Waals surface area contributed by atoms with E-state index in [1.807, 2.05) is 38.1 Å². The Bertz CT molecular complexity index is 3060. The molecule has 4 heterocycles. The summed E-state index contributed by atoms with van der Waals surface area (Å²) in [6.07, 6.45) is 6.08. The Labute approximate surface area is 396 Å². The zero-order chi connectivity index (χ0) is 49.2. The van der Waals surface area contributed by atoms with Gasteiger partial charge in [-0.05, 0) is 133 Å². The average Bonchev–Trinajstić information content (AvgIpc) is 3.84. The number of pyridine rings is 2. The van der Waals surface area contributed by atoms with E-state index in [0.29, 0.717) is 22.5 Å². The summed E-state index contributed by atoms with van der Waals surface area (Å²) in [7, 11) is 0. The molecule has 16 heteroatoms. The maximum atomic E-state index is 14.8. The van der Waals surface area contributed by atoms with Gasteiger partial charge in [0.1, 0.15) is 0 Å². The fourth-order valence-electron chi connectivity index (χ4n) is 8.45. The van der Waals surface area contributed by atoms with Gasteiger partial charge in [0.05, 0.1) is 22.8 Å². The van der Waals surface area contributed by atoms with Crippen molar-refractivity contribution in [3.8, 4) is 22.3 Å². The molecule has 0 spiro atoms. The molecular weight excluding hydrogens is 889 g/mol. The van der Waals surface area contributed by atoms with Gasteiger partial charge >= 0.3 is 0 Å². The van der Waals surface area contributed by atoms with Gasteiger partial charge in [0.15, 0.2) is 11.8 Å². The third kappa shape index (κ3) is 9.91. The maximum absolute atomic E-state index is 14.8. The highest BCUT2D eigenvalue weighted by Crippen LogP contribution is 2.37. The molecule has 0 fully saturated rings. The lowest BCUT2D eigenvalue weighted by Crippen LogP contribution is -2.37. The van der Waals surface area contributed by atoms with E-state index in [2.05, 4.69) is 25.7 Å². The zero-order valence-corrected chi connectivity index (χ0v) is 38.4. The van der Waals surface area contributed by atoms with Crippen LogP contribution in [0.3, 0.4) is 0 Å². The van der Waals surface area contributed by atoms with Gasteiger partial charge in [0.2, 0.25) is 11.8 Å². The fourth-order valence-corrected chi connectivity index (χ4v) is 8.45. The van der Waals surface area contributed by atoms with E-state index in [0.717, 1.165) is 32.8 Å². The standard InChI is InChI=1S/C53H48F4N8O4/c1-6-52(54,55)37-12-9-14-39(27-37)60-48(66)46-33(5)62-65(50(46)68)42-24-34(23-36(26-42)44-20-22-59-30-32(44)4)17-18-45-47(49(67)61-40-15-10-13-38(28-40)53(56,57)7-2)51(69)64(63-45)41-16-8-11-35(25-41)43-19-21-58-29-31(43)3/h8-16,19-30,46-47H,6-7,17-18H2,1-5H3,(H,60,66)(H,61,67). The normalized spacial score (nSPS) is 16.1. The summed E-state index contributed by atoms with van der Waals surface area (Å²) in [5.74, 6) is -11.9. The average molecular weight is 937 g/mol. The first-order valence-corrected chi connectivity index (χ1v) is 22.4. The monoisotopic (exact) mass is 936 g/mol. The molecule has 69 heavy (non-hydrogen) atoms. The van der Waals surface area contributed by atoms with Gasteiger partial charge in [-0.25, -0.2) is 17.6 Å². The highest BCUT2D eigenvalue weighted by atomic mass is 19.3. The van der Waals surface area contributed by atoms with E-state index in [9.17, 15) is 36.7 Å². The number of carbonyl (C=O) groups is 4. The number of benzene rings is 4. The number of aryl methyl sites for hydroxylation is 3. The Hall–Kier alpha value is -7.88. The molecule has 2 N–H and O–H groups in total.